The van der Waals surface area contributed by atoms with E-state index in [1.807, 2.05) is 48.5 Å². The van der Waals surface area contributed by atoms with Crippen LogP contribution in [-0.2, 0) is 20.2 Å². The molecule has 0 aliphatic carbocycles. The minimum absolute atomic E-state index is 0. The van der Waals surface area contributed by atoms with Crippen LogP contribution in [0.3, 0.4) is 0 Å². The van der Waals surface area contributed by atoms with E-state index in [9.17, 15) is 18.7 Å². The van der Waals surface area contributed by atoms with Crippen molar-refractivity contribution >= 4 is 33.7 Å². The highest BCUT2D eigenvalue weighted by Gasteiger charge is 2.19. The fraction of sp³-hybridized carbons (Fsp3) is 0.455. The number of rotatable bonds is 4. The Morgan fingerprint density at radius 1 is 1.16 bits per heavy atom. The number of thiophene rings is 1. The van der Waals surface area contributed by atoms with E-state index in [0.717, 1.165) is 27.3 Å². The molecule has 0 aliphatic rings. The van der Waals surface area contributed by atoms with E-state index in [1.165, 1.54) is 6.07 Å². The Morgan fingerprint density at radius 3 is 2.06 bits per heavy atom. The lowest BCUT2D eigenvalue weighted by molar-refractivity contribution is 0.260. The molecule has 0 bridgehead atoms. The minimum atomic E-state index is -2.15. The molecule has 4 N–H and O–H groups in total. The van der Waals surface area contributed by atoms with Crippen LogP contribution >= 0.6 is 11.3 Å². The van der Waals surface area contributed by atoms with Gasteiger partial charge >= 0.3 is 6.03 Å². The Balaban J connectivity index is 0.00000480. The van der Waals surface area contributed by atoms with E-state index in [1.54, 1.807) is 12.1 Å². The zero-order valence-electron chi connectivity index (χ0n) is 19.0. The van der Waals surface area contributed by atoms with Crippen molar-refractivity contribution < 1.29 is 13.4 Å². The number of halogens is 1. The lowest BCUT2D eigenvalue weighted by Crippen LogP contribution is -2.13. The molecule has 0 aliphatic heterocycles. The van der Waals surface area contributed by atoms with Crippen LogP contribution in [0.1, 0.15) is 81.9 Å². The number of carbonyl (C=O) groups is 1. The SMILES string of the molecule is CC(C)c1cc(C#N)cc(C(C)C)c1NC(=O)N=[S-](=O)c1sc(C(C)(C)C)cc1F.N. The Labute approximate surface area is 189 Å². The molecule has 2 aromatic rings. The van der Waals surface area contributed by atoms with Crippen molar-refractivity contribution in [2.24, 2.45) is 4.36 Å². The molecule has 6 nitrogen and oxygen atoms in total. The molecular weight excluding hydrogens is 435 g/mol. The first kappa shape index (κ1) is 26.8. The molecule has 0 radical (unpaired) electrons. The van der Waals surface area contributed by atoms with E-state index in [0.29, 0.717) is 11.3 Å². The maximum Gasteiger partial charge on any atom is 0.322 e. The van der Waals surface area contributed by atoms with Crippen molar-refractivity contribution in [3.05, 3.63) is 45.6 Å². The van der Waals surface area contributed by atoms with Crippen molar-refractivity contribution in [1.29, 1.82) is 5.26 Å². The number of nitrogens with one attached hydrogen (secondary N) is 1. The van der Waals surface area contributed by atoms with Crippen LogP contribution in [0.2, 0.25) is 0 Å². The number of amides is 2. The van der Waals surface area contributed by atoms with Gasteiger partial charge in [-0.3, -0.25) is 0 Å². The van der Waals surface area contributed by atoms with E-state index in [2.05, 4.69) is 15.7 Å². The van der Waals surface area contributed by atoms with Crippen LogP contribution in [-0.4, -0.2) is 6.03 Å². The largest absolute Gasteiger partial charge is 0.439 e. The molecule has 0 spiro atoms. The number of anilines is 1. The van der Waals surface area contributed by atoms with Crippen LogP contribution in [0.4, 0.5) is 14.9 Å². The monoisotopic (exact) mass is 465 g/mol. The van der Waals surface area contributed by atoms with Gasteiger partial charge in [0, 0.05) is 10.6 Å². The predicted octanol–water partition coefficient (Wildman–Crippen LogP) is 7.20. The molecule has 0 saturated heterocycles. The fourth-order valence-electron chi connectivity index (χ4n) is 2.89. The molecule has 0 fully saturated rings. The van der Waals surface area contributed by atoms with Crippen LogP contribution in [0.25, 0.3) is 0 Å². The van der Waals surface area contributed by atoms with Crippen LogP contribution in [0.15, 0.2) is 26.8 Å². The summed E-state index contributed by atoms with van der Waals surface area (Å²) in [6, 6.07) is 6.15. The molecule has 0 unspecified atom stereocenters. The molecule has 2 rings (SSSR count). The number of nitrogens with zero attached hydrogens (tertiary/aromatic N) is 2. The standard InChI is InChI=1S/C22H27FN3O2S2.H3N/c1-12(2)15-8-14(11-24)9-16(13(3)4)19(15)25-21(27)26-30(28)20-17(23)10-18(29-20)22(5,6)7;/h8-10,12-13H,1-7H3,(H,25,27);1H3/q-1;. The fourth-order valence-corrected chi connectivity index (χ4v) is 4.89. The molecule has 9 heteroatoms. The van der Waals surface area contributed by atoms with Gasteiger partial charge in [-0.25, -0.2) is 9.18 Å². The number of benzene rings is 1. The summed E-state index contributed by atoms with van der Waals surface area (Å²) >= 11 is 1.06. The van der Waals surface area contributed by atoms with Gasteiger partial charge in [0.2, 0.25) is 0 Å². The van der Waals surface area contributed by atoms with Crippen LogP contribution < -0.4 is 11.5 Å². The highest BCUT2D eigenvalue weighted by Crippen LogP contribution is 2.35. The summed E-state index contributed by atoms with van der Waals surface area (Å²) in [5.74, 6) is -0.537. The lowest BCUT2D eigenvalue weighted by Gasteiger charge is -2.20. The van der Waals surface area contributed by atoms with Gasteiger partial charge in [0.25, 0.3) is 0 Å². The van der Waals surface area contributed by atoms with Gasteiger partial charge in [-0.15, -0.1) is 10.6 Å². The third-order valence-electron chi connectivity index (χ3n) is 4.52. The van der Waals surface area contributed by atoms with Crippen molar-refractivity contribution in [2.45, 2.75) is 69.9 Å². The van der Waals surface area contributed by atoms with Crippen molar-refractivity contribution in [3.63, 3.8) is 0 Å². The second-order valence-corrected chi connectivity index (χ2v) is 11.1. The molecule has 31 heavy (non-hydrogen) atoms. The topological polar surface area (TPSA) is 117 Å². The summed E-state index contributed by atoms with van der Waals surface area (Å²) in [6.45, 7) is 13.6. The van der Waals surface area contributed by atoms with Crippen molar-refractivity contribution in [2.75, 3.05) is 5.32 Å². The highest BCUT2D eigenvalue weighted by atomic mass is 32.2. The van der Waals surface area contributed by atoms with Gasteiger partial charge in [0.1, 0.15) is 5.82 Å². The number of hydrogen-bond acceptors (Lipinski definition) is 6. The van der Waals surface area contributed by atoms with E-state index < -0.39 is 22.4 Å². The Hall–Kier alpha value is -2.28. The summed E-state index contributed by atoms with van der Waals surface area (Å²) in [4.78, 5) is 13.3. The highest BCUT2D eigenvalue weighted by molar-refractivity contribution is 7.78. The molecule has 2 amide bonds. The van der Waals surface area contributed by atoms with Gasteiger partial charge in [0.15, 0.2) is 0 Å². The lowest BCUT2D eigenvalue weighted by atomic mass is 9.90. The summed E-state index contributed by atoms with van der Waals surface area (Å²) in [6.07, 6.45) is 0. The van der Waals surface area contributed by atoms with E-state index in [4.69, 9.17) is 0 Å². The molecule has 170 valence electrons. The molecule has 0 atom stereocenters. The predicted molar refractivity (Wildman–Crippen MR) is 125 cm³/mol. The molecular formula is C22H30FN4O2S2-. The third kappa shape index (κ3) is 6.35. The van der Waals surface area contributed by atoms with Crippen LogP contribution in [0, 0.1) is 17.1 Å². The average molecular weight is 466 g/mol. The summed E-state index contributed by atoms with van der Waals surface area (Å²) < 4.78 is 30.4. The van der Waals surface area contributed by atoms with Gasteiger partial charge in [-0.1, -0.05) is 48.5 Å². The number of urea groups is 1. The minimum Gasteiger partial charge on any atom is -0.439 e. The quantitative estimate of drug-likeness (QED) is 0.464. The average Bonchev–Trinajstić information content (AvgIpc) is 3.03. The maximum absolute atomic E-state index is 14.3. The maximum atomic E-state index is 14.3. The molecule has 1 heterocycles. The Morgan fingerprint density at radius 2 is 1.68 bits per heavy atom. The normalized spacial score (nSPS) is 12.5. The summed E-state index contributed by atoms with van der Waals surface area (Å²) in [7, 11) is -2.15. The third-order valence-corrected chi connectivity index (χ3v) is 7.38. The zero-order chi connectivity index (χ0) is 22.8. The molecule has 1 aromatic heterocycles. The summed E-state index contributed by atoms with van der Waals surface area (Å²) in [5.41, 5.74) is 2.37. The van der Waals surface area contributed by atoms with Gasteiger partial charge in [0.05, 0.1) is 11.6 Å². The van der Waals surface area contributed by atoms with Gasteiger partial charge < -0.3 is 20.0 Å². The number of carbonyl (C=O) groups excluding carboxylic acids is 1. The second-order valence-electron chi connectivity index (χ2n) is 8.72. The molecule has 0 saturated carbocycles. The van der Waals surface area contributed by atoms with E-state index in [-0.39, 0.29) is 27.6 Å². The van der Waals surface area contributed by atoms with Gasteiger partial charge in [-0.2, -0.15) is 16.6 Å². The first-order valence-corrected chi connectivity index (χ1v) is 11.6. The first-order chi connectivity index (χ1) is 13.8. The van der Waals surface area contributed by atoms with Gasteiger partial charge in [-0.05, 0) is 50.8 Å². The van der Waals surface area contributed by atoms with Crippen molar-refractivity contribution in [3.8, 4) is 6.07 Å². The Kier molecular flexibility index (Phi) is 8.94. The number of hydrogen-bond donors (Lipinski definition) is 2. The second kappa shape index (κ2) is 10.4. The Bertz CT molecular complexity index is 1060. The van der Waals surface area contributed by atoms with Crippen LogP contribution in [0.5, 0.6) is 0 Å². The summed E-state index contributed by atoms with van der Waals surface area (Å²) in [5, 5.41) is 12.0. The van der Waals surface area contributed by atoms with Crippen molar-refractivity contribution in [1.82, 2.24) is 6.15 Å². The van der Waals surface area contributed by atoms with E-state index >= 15 is 0 Å². The molecule has 1 aromatic carbocycles. The first-order valence-electron chi connectivity index (χ1n) is 9.67. The number of nitriles is 1. The smallest absolute Gasteiger partial charge is 0.322 e. The zero-order valence-corrected chi connectivity index (χ0v) is 20.6.